The fraction of sp³-hybridized carbons (Fsp3) is 0.529. The van der Waals surface area contributed by atoms with Gasteiger partial charge in [-0.25, -0.2) is 4.79 Å². The van der Waals surface area contributed by atoms with Gasteiger partial charge in [-0.1, -0.05) is 13.8 Å². The van der Waals surface area contributed by atoms with E-state index in [9.17, 15) is 9.59 Å². The van der Waals surface area contributed by atoms with Crippen molar-refractivity contribution >= 4 is 11.9 Å². The Morgan fingerprint density at radius 2 is 1.68 bits per heavy atom. The van der Waals surface area contributed by atoms with Crippen molar-refractivity contribution in [1.82, 2.24) is 0 Å². The van der Waals surface area contributed by atoms with Crippen LogP contribution < -0.4 is 9.47 Å². The third-order valence-corrected chi connectivity index (χ3v) is 5.68. The van der Waals surface area contributed by atoms with Crippen LogP contribution in [-0.2, 0) is 14.3 Å². The average Bonchev–Trinajstić information content (AvgIpc) is 2.78. The molecule has 2 fully saturated rings. The number of methoxy groups -OCH3 is 1. The number of carbonyl (C=O) groups excluding carboxylic acids is 2. The summed E-state index contributed by atoms with van der Waals surface area (Å²) < 4.78 is 16.1. The minimum absolute atomic E-state index is 0.310. The molecule has 0 unspecified atom stereocenters. The van der Waals surface area contributed by atoms with Crippen LogP contribution in [0.3, 0.4) is 0 Å². The number of esters is 2. The van der Waals surface area contributed by atoms with E-state index < -0.39 is 22.4 Å². The van der Waals surface area contributed by atoms with E-state index in [0.717, 1.165) is 0 Å². The van der Waals surface area contributed by atoms with Gasteiger partial charge in [0, 0.05) is 5.41 Å². The fourth-order valence-corrected chi connectivity index (χ4v) is 3.54. The number of rotatable bonds is 3. The molecular formula is C17H20O5. The van der Waals surface area contributed by atoms with Crippen LogP contribution in [0.2, 0.25) is 0 Å². The Morgan fingerprint density at radius 1 is 1.09 bits per heavy atom. The van der Waals surface area contributed by atoms with Gasteiger partial charge in [0.05, 0.1) is 12.5 Å². The lowest BCUT2D eigenvalue weighted by molar-refractivity contribution is -0.176. The predicted octanol–water partition coefficient (Wildman–Crippen LogP) is 2.72. The Hall–Kier alpha value is -2.04. The number of hydrogen-bond acceptors (Lipinski definition) is 5. The van der Waals surface area contributed by atoms with Gasteiger partial charge in [-0.2, -0.15) is 0 Å². The molecule has 1 saturated heterocycles. The van der Waals surface area contributed by atoms with Crippen molar-refractivity contribution in [3.63, 3.8) is 0 Å². The van der Waals surface area contributed by atoms with E-state index in [-0.39, 0.29) is 5.97 Å². The van der Waals surface area contributed by atoms with Gasteiger partial charge in [0.15, 0.2) is 0 Å². The fourth-order valence-electron chi connectivity index (χ4n) is 3.54. The number of benzene rings is 1. The Bertz CT molecular complexity index is 633. The zero-order valence-corrected chi connectivity index (χ0v) is 13.3. The van der Waals surface area contributed by atoms with Gasteiger partial charge in [-0.05, 0) is 44.0 Å². The Morgan fingerprint density at radius 3 is 2.14 bits per heavy atom. The summed E-state index contributed by atoms with van der Waals surface area (Å²) in [7, 11) is 1.57. The zero-order valence-electron chi connectivity index (χ0n) is 13.3. The van der Waals surface area contributed by atoms with Crippen LogP contribution in [0.4, 0.5) is 0 Å². The topological polar surface area (TPSA) is 61.8 Å². The highest BCUT2D eigenvalue weighted by Crippen LogP contribution is 2.65. The number of carbonyl (C=O) groups is 2. The number of ether oxygens (including phenoxy) is 3. The van der Waals surface area contributed by atoms with E-state index >= 15 is 0 Å². The maximum Gasteiger partial charge on any atom is 0.356 e. The van der Waals surface area contributed by atoms with E-state index in [1.165, 1.54) is 0 Å². The molecule has 2 atom stereocenters. The summed E-state index contributed by atoms with van der Waals surface area (Å²) in [6, 6.07) is 6.74. The molecule has 3 rings (SSSR count). The Balaban J connectivity index is 1.87. The van der Waals surface area contributed by atoms with Gasteiger partial charge in [0.2, 0.25) is 5.60 Å². The molecule has 0 amide bonds. The largest absolute Gasteiger partial charge is 0.497 e. The van der Waals surface area contributed by atoms with Crippen LogP contribution in [0.15, 0.2) is 24.3 Å². The first-order valence-corrected chi connectivity index (χ1v) is 7.37. The zero-order chi connectivity index (χ0) is 16.2. The SMILES string of the molecule is COc1ccc(OC(=O)[C@]23CC[C@](C)(C(=O)O2)C3(C)C)cc1. The first kappa shape index (κ1) is 14.9. The van der Waals surface area contributed by atoms with Crippen molar-refractivity contribution in [2.24, 2.45) is 10.8 Å². The van der Waals surface area contributed by atoms with Crippen molar-refractivity contribution in [2.75, 3.05) is 7.11 Å². The first-order chi connectivity index (χ1) is 10.3. The summed E-state index contributed by atoms with van der Waals surface area (Å²) in [4.78, 5) is 24.9. The molecule has 1 saturated carbocycles. The summed E-state index contributed by atoms with van der Waals surface area (Å²) in [5.74, 6) is 0.277. The van der Waals surface area contributed by atoms with Crippen LogP contribution in [0.5, 0.6) is 11.5 Å². The van der Waals surface area contributed by atoms with Gasteiger partial charge in [-0.3, -0.25) is 4.79 Å². The minimum atomic E-state index is -1.20. The third-order valence-electron chi connectivity index (χ3n) is 5.68. The quantitative estimate of drug-likeness (QED) is 0.634. The molecule has 1 aliphatic carbocycles. The highest BCUT2D eigenvalue weighted by atomic mass is 16.6. The first-order valence-electron chi connectivity index (χ1n) is 7.37. The molecule has 0 spiro atoms. The maximum atomic E-state index is 12.7. The van der Waals surface area contributed by atoms with Crippen LogP contribution >= 0.6 is 0 Å². The summed E-state index contributed by atoms with van der Waals surface area (Å²) >= 11 is 0. The summed E-state index contributed by atoms with van der Waals surface area (Å²) in [6.45, 7) is 5.67. The highest BCUT2D eigenvalue weighted by molar-refractivity contribution is 5.94. The van der Waals surface area contributed by atoms with Crippen LogP contribution in [-0.4, -0.2) is 24.6 Å². The molecule has 1 aromatic rings. The summed E-state index contributed by atoms with van der Waals surface area (Å²) in [5.41, 5.74) is -2.43. The van der Waals surface area contributed by atoms with E-state index in [2.05, 4.69) is 0 Å². The molecular weight excluding hydrogens is 284 g/mol. The maximum absolute atomic E-state index is 12.7. The van der Waals surface area contributed by atoms with Crippen molar-refractivity contribution in [2.45, 2.75) is 39.2 Å². The standard InChI is InChI=1S/C17H20O5/c1-15(2)16(3)9-10-17(15,22-13(16)18)14(19)21-12-7-5-11(20-4)6-8-12/h5-8H,9-10H2,1-4H3/t16-,17+/m1/s1. The molecule has 5 nitrogen and oxygen atoms in total. The highest BCUT2D eigenvalue weighted by Gasteiger charge is 2.76. The van der Waals surface area contributed by atoms with Crippen LogP contribution in [0, 0.1) is 10.8 Å². The van der Waals surface area contributed by atoms with Gasteiger partial charge in [0.25, 0.3) is 0 Å². The molecule has 2 aliphatic rings. The van der Waals surface area contributed by atoms with Gasteiger partial charge in [0.1, 0.15) is 11.5 Å². The van der Waals surface area contributed by atoms with Crippen molar-refractivity contribution in [1.29, 1.82) is 0 Å². The number of fused-ring (bicyclic) bond motifs is 2. The summed E-state index contributed by atoms with van der Waals surface area (Å²) in [6.07, 6.45) is 1.13. The van der Waals surface area contributed by atoms with Gasteiger partial charge in [-0.15, -0.1) is 0 Å². The summed E-state index contributed by atoms with van der Waals surface area (Å²) in [5, 5.41) is 0. The molecule has 118 valence electrons. The second kappa shape index (κ2) is 4.48. The Kier molecular flexibility index (Phi) is 3.03. The average molecular weight is 304 g/mol. The molecule has 0 radical (unpaired) electrons. The van der Waals surface area contributed by atoms with Crippen molar-refractivity contribution in [3.8, 4) is 11.5 Å². The molecule has 2 bridgehead atoms. The van der Waals surface area contributed by atoms with Gasteiger partial charge < -0.3 is 14.2 Å². The second-order valence-corrected chi connectivity index (χ2v) is 6.74. The molecule has 0 N–H and O–H groups in total. The Labute approximate surface area is 129 Å². The molecule has 1 heterocycles. The van der Waals surface area contributed by atoms with E-state index in [1.54, 1.807) is 31.4 Å². The molecule has 1 aromatic carbocycles. The smallest absolute Gasteiger partial charge is 0.356 e. The third kappa shape index (κ3) is 1.65. The second-order valence-electron chi connectivity index (χ2n) is 6.74. The predicted molar refractivity (Wildman–Crippen MR) is 78.6 cm³/mol. The van der Waals surface area contributed by atoms with E-state index in [0.29, 0.717) is 24.3 Å². The minimum Gasteiger partial charge on any atom is -0.497 e. The van der Waals surface area contributed by atoms with E-state index in [1.807, 2.05) is 20.8 Å². The van der Waals surface area contributed by atoms with Crippen molar-refractivity contribution in [3.05, 3.63) is 24.3 Å². The molecule has 22 heavy (non-hydrogen) atoms. The van der Waals surface area contributed by atoms with Crippen LogP contribution in [0.25, 0.3) is 0 Å². The molecule has 1 aliphatic heterocycles. The lowest BCUT2D eigenvalue weighted by Gasteiger charge is -2.34. The van der Waals surface area contributed by atoms with Crippen molar-refractivity contribution < 1.29 is 23.8 Å². The normalized spacial score (nSPS) is 31.7. The number of hydrogen-bond donors (Lipinski definition) is 0. The monoisotopic (exact) mass is 304 g/mol. The van der Waals surface area contributed by atoms with Crippen LogP contribution in [0.1, 0.15) is 33.6 Å². The lowest BCUT2D eigenvalue weighted by atomic mass is 9.66. The van der Waals surface area contributed by atoms with E-state index in [4.69, 9.17) is 14.2 Å². The molecule has 5 heteroatoms. The molecule has 0 aromatic heterocycles. The van der Waals surface area contributed by atoms with Gasteiger partial charge >= 0.3 is 11.9 Å². The lowest BCUT2D eigenvalue weighted by Crippen LogP contribution is -2.50.